The lowest BCUT2D eigenvalue weighted by Crippen LogP contribution is -2.38. The molecule has 1 amide bonds. The van der Waals surface area contributed by atoms with Crippen molar-refractivity contribution in [3.63, 3.8) is 0 Å². The number of piperidine rings is 1. The minimum absolute atomic E-state index is 0.114. The summed E-state index contributed by atoms with van der Waals surface area (Å²) < 4.78 is 11.9. The average Bonchev–Trinajstić information content (AvgIpc) is 3.42. The van der Waals surface area contributed by atoms with Gasteiger partial charge in [0, 0.05) is 13.0 Å². The summed E-state index contributed by atoms with van der Waals surface area (Å²) in [5, 5.41) is 8.48. The molecular formula is C23H28N4O3S. The Balaban J connectivity index is 1.36. The number of hydrogen-bond donors (Lipinski definition) is 0. The van der Waals surface area contributed by atoms with Gasteiger partial charge >= 0.3 is 0 Å². The van der Waals surface area contributed by atoms with E-state index in [9.17, 15) is 4.79 Å². The lowest BCUT2D eigenvalue weighted by atomic mass is 10.0. The van der Waals surface area contributed by atoms with Gasteiger partial charge in [0.2, 0.25) is 11.8 Å². The van der Waals surface area contributed by atoms with Crippen molar-refractivity contribution in [2.75, 3.05) is 13.2 Å². The fraction of sp³-hybridized carbons (Fsp3) is 0.478. The summed E-state index contributed by atoms with van der Waals surface area (Å²) in [5.74, 6) is 2.00. The van der Waals surface area contributed by atoms with Crippen LogP contribution in [0, 0.1) is 20.8 Å². The Kier molecular flexibility index (Phi) is 6.65. The van der Waals surface area contributed by atoms with Crippen LogP contribution in [0.2, 0.25) is 0 Å². The number of amides is 1. The maximum absolute atomic E-state index is 13.0. The first-order valence-electron chi connectivity index (χ1n) is 10.8. The Bertz CT molecular complexity index is 1050. The summed E-state index contributed by atoms with van der Waals surface area (Å²) in [6, 6.07) is 5.88. The summed E-state index contributed by atoms with van der Waals surface area (Å²) in [6.07, 6.45) is 3.99. The van der Waals surface area contributed by atoms with Crippen molar-refractivity contribution < 1.29 is 13.9 Å². The first-order valence-corrected chi connectivity index (χ1v) is 11.6. The molecule has 1 fully saturated rings. The van der Waals surface area contributed by atoms with Crippen LogP contribution in [0.1, 0.15) is 60.9 Å². The Labute approximate surface area is 186 Å². The van der Waals surface area contributed by atoms with E-state index in [4.69, 9.17) is 9.15 Å². The molecule has 3 aromatic rings. The molecule has 31 heavy (non-hydrogen) atoms. The van der Waals surface area contributed by atoms with Crippen molar-refractivity contribution >= 4 is 17.2 Å². The molecule has 7 nitrogen and oxygen atoms in total. The number of thiazole rings is 1. The van der Waals surface area contributed by atoms with Gasteiger partial charge in [0.15, 0.2) is 0 Å². The largest absolute Gasteiger partial charge is 0.493 e. The number of carbonyl (C=O) groups is 1. The smallest absolute Gasteiger partial charge is 0.259 e. The van der Waals surface area contributed by atoms with Gasteiger partial charge in [-0.3, -0.25) is 4.79 Å². The molecule has 2 aromatic heterocycles. The van der Waals surface area contributed by atoms with E-state index in [0.717, 1.165) is 47.7 Å². The van der Waals surface area contributed by atoms with Crippen LogP contribution in [0.4, 0.5) is 0 Å². The van der Waals surface area contributed by atoms with Gasteiger partial charge in [-0.15, -0.1) is 21.5 Å². The van der Waals surface area contributed by atoms with E-state index < -0.39 is 0 Å². The molecule has 1 aliphatic rings. The van der Waals surface area contributed by atoms with E-state index in [-0.39, 0.29) is 11.9 Å². The molecule has 0 aliphatic carbocycles. The second-order valence-corrected chi connectivity index (χ2v) is 8.82. The Morgan fingerprint density at radius 2 is 2.13 bits per heavy atom. The molecule has 1 atom stereocenters. The Morgan fingerprint density at radius 1 is 1.26 bits per heavy atom. The zero-order valence-corrected chi connectivity index (χ0v) is 19.1. The lowest BCUT2D eigenvalue weighted by Gasteiger charge is -2.33. The fourth-order valence-corrected chi connectivity index (χ4v) is 4.61. The normalized spacial score (nSPS) is 16.5. The summed E-state index contributed by atoms with van der Waals surface area (Å²) in [6.45, 7) is 7.29. The summed E-state index contributed by atoms with van der Waals surface area (Å²) in [4.78, 5) is 20.0. The number of rotatable bonds is 7. The van der Waals surface area contributed by atoms with E-state index in [1.807, 2.05) is 24.0 Å². The van der Waals surface area contributed by atoms with Gasteiger partial charge in [-0.1, -0.05) is 12.1 Å². The van der Waals surface area contributed by atoms with Gasteiger partial charge in [-0.25, -0.2) is 4.98 Å². The van der Waals surface area contributed by atoms with E-state index >= 15 is 0 Å². The molecule has 0 saturated carbocycles. The number of likely N-dealkylation sites (tertiary alicyclic amines) is 1. The van der Waals surface area contributed by atoms with Gasteiger partial charge in [-0.2, -0.15) is 0 Å². The molecule has 8 heteroatoms. The molecule has 4 rings (SSSR count). The molecule has 0 spiro atoms. The maximum atomic E-state index is 13.0. The topological polar surface area (TPSA) is 81.4 Å². The van der Waals surface area contributed by atoms with E-state index in [1.165, 1.54) is 16.9 Å². The minimum atomic E-state index is -0.157. The number of benzene rings is 1. The molecule has 3 heterocycles. The summed E-state index contributed by atoms with van der Waals surface area (Å²) in [5.41, 5.74) is 5.00. The fourth-order valence-electron chi connectivity index (χ4n) is 3.88. The van der Waals surface area contributed by atoms with Crippen LogP contribution in [-0.2, 0) is 4.79 Å². The third-order valence-corrected chi connectivity index (χ3v) is 6.75. The first kappa shape index (κ1) is 21.5. The van der Waals surface area contributed by atoms with E-state index in [2.05, 4.69) is 35.1 Å². The number of nitrogens with zero attached hydrogens (tertiary/aromatic N) is 4. The van der Waals surface area contributed by atoms with Gasteiger partial charge in [0.05, 0.1) is 17.8 Å². The number of aromatic nitrogens is 3. The van der Waals surface area contributed by atoms with Gasteiger partial charge in [0.1, 0.15) is 16.7 Å². The van der Waals surface area contributed by atoms with Crippen molar-refractivity contribution in [1.82, 2.24) is 20.1 Å². The second-order valence-electron chi connectivity index (χ2n) is 7.96. The predicted octanol–water partition coefficient (Wildman–Crippen LogP) is 5.03. The highest BCUT2D eigenvalue weighted by atomic mass is 32.1. The highest BCUT2D eigenvalue weighted by Crippen LogP contribution is 2.34. The molecule has 1 aromatic carbocycles. The van der Waals surface area contributed by atoms with E-state index in [1.54, 1.807) is 5.51 Å². The molecule has 0 N–H and O–H groups in total. The van der Waals surface area contributed by atoms with Crippen LogP contribution in [0.3, 0.4) is 0 Å². The van der Waals surface area contributed by atoms with Gasteiger partial charge < -0.3 is 14.1 Å². The van der Waals surface area contributed by atoms with E-state index in [0.29, 0.717) is 31.2 Å². The number of aryl methyl sites for hydroxylation is 2. The average molecular weight is 441 g/mol. The quantitative estimate of drug-likeness (QED) is 0.479. The summed E-state index contributed by atoms with van der Waals surface area (Å²) >= 11 is 1.48. The van der Waals surface area contributed by atoms with Crippen LogP contribution >= 0.6 is 11.3 Å². The van der Waals surface area contributed by atoms with Crippen molar-refractivity contribution in [2.24, 2.45) is 0 Å². The van der Waals surface area contributed by atoms with Crippen molar-refractivity contribution in [3.05, 3.63) is 46.4 Å². The lowest BCUT2D eigenvalue weighted by molar-refractivity contribution is -0.135. The summed E-state index contributed by atoms with van der Waals surface area (Å²) in [7, 11) is 0. The zero-order chi connectivity index (χ0) is 21.8. The number of hydrogen-bond acceptors (Lipinski definition) is 7. The molecule has 0 bridgehead atoms. The van der Waals surface area contributed by atoms with Crippen LogP contribution < -0.4 is 4.74 Å². The Hall–Kier alpha value is -2.74. The van der Waals surface area contributed by atoms with Crippen molar-refractivity contribution in [1.29, 1.82) is 0 Å². The van der Waals surface area contributed by atoms with Crippen LogP contribution in [0.25, 0.3) is 10.8 Å². The van der Waals surface area contributed by atoms with Crippen LogP contribution in [0.5, 0.6) is 5.75 Å². The Morgan fingerprint density at radius 3 is 2.94 bits per heavy atom. The maximum Gasteiger partial charge on any atom is 0.259 e. The molecule has 0 radical (unpaired) electrons. The van der Waals surface area contributed by atoms with Crippen molar-refractivity contribution in [3.8, 4) is 16.5 Å². The third kappa shape index (κ3) is 4.79. The highest BCUT2D eigenvalue weighted by molar-refractivity contribution is 7.13. The van der Waals surface area contributed by atoms with Crippen LogP contribution in [0.15, 0.2) is 28.1 Å². The number of ether oxygens (including phenoxy) is 1. The predicted molar refractivity (Wildman–Crippen MR) is 119 cm³/mol. The van der Waals surface area contributed by atoms with Crippen molar-refractivity contribution in [2.45, 2.75) is 58.9 Å². The SMILES string of the molecule is Cc1cccc(OCCCC(=O)N2CCCC[C@H]2c2nnc(-c3scnc3C)o2)c1C. The first-order chi connectivity index (χ1) is 15.0. The zero-order valence-electron chi connectivity index (χ0n) is 18.3. The van der Waals surface area contributed by atoms with Gasteiger partial charge in [-0.05, 0) is 63.6 Å². The molecular weight excluding hydrogens is 412 g/mol. The number of carbonyl (C=O) groups excluding carboxylic acids is 1. The minimum Gasteiger partial charge on any atom is -0.493 e. The highest BCUT2D eigenvalue weighted by Gasteiger charge is 2.32. The second kappa shape index (κ2) is 9.60. The van der Waals surface area contributed by atoms with Crippen LogP contribution in [-0.4, -0.2) is 39.1 Å². The standard InChI is InChI=1S/C23H28N4O3S/c1-15-8-6-10-19(16(15)2)29-13-7-11-20(28)27-12-5-4-9-18(27)22-25-26-23(30-22)21-17(3)24-14-31-21/h6,8,10,14,18H,4-5,7,9,11-13H2,1-3H3/t18-/m0/s1. The third-order valence-electron chi connectivity index (χ3n) is 5.84. The molecule has 1 saturated heterocycles. The molecule has 0 unspecified atom stereocenters. The van der Waals surface area contributed by atoms with Gasteiger partial charge in [0.25, 0.3) is 5.89 Å². The molecule has 1 aliphatic heterocycles. The molecule has 164 valence electrons. The monoisotopic (exact) mass is 440 g/mol.